The van der Waals surface area contributed by atoms with Crippen molar-refractivity contribution in [1.82, 2.24) is 9.55 Å². The lowest BCUT2D eigenvalue weighted by Gasteiger charge is -2.31. The molecule has 2 aromatic carbocycles. The number of ether oxygens (including phenoxy) is 1. The van der Waals surface area contributed by atoms with E-state index in [0.717, 1.165) is 74.2 Å². The molecule has 1 N–H and O–H groups in total. The molecule has 0 radical (unpaired) electrons. The predicted molar refractivity (Wildman–Crippen MR) is 155 cm³/mol. The molecule has 0 unspecified atom stereocenters. The lowest BCUT2D eigenvalue weighted by Crippen LogP contribution is -2.29. The zero-order valence-electron chi connectivity index (χ0n) is 22.4. The Kier molecular flexibility index (Phi) is 8.75. The van der Waals surface area contributed by atoms with Gasteiger partial charge in [-0.2, -0.15) is 0 Å². The molecule has 0 bridgehead atoms. The highest BCUT2D eigenvalue weighted by molar-refractivity contribution is 5.58. The van der Waals surface area contributed by atoms with Crippen molar-refractivity contribution in [2.75, 3.05) is 5.32 Å². The molecule has 1 heterocycles. The molecule has 1 aromatic heterocycles. The lowest BCUT2D eigenvalue weighted by molar-refractivity contribution is 0.139. The first kappa shape index (κ1) is 26.0. The van der Waals surface area contributed by atoms with Gasteiger partial charge in [0.2, 0.25) is 0 Å². The highest BCUT2D eigenvalue weighted by Crippen LogP contribution is 2.33. The van der Waals surface area contributed by atoms with Gasteiger partial charge in [0.1, 0.15) is 17.3 Å². The molecular formula is C33H39N3O2. The number of hydrogen-bond donors (Lipinski definition) is 1. The van der Waals surface area contributed by atoms with Crippen LogP contribution in [0.15, 0.2) is 95.1 Å². The number of hydrogen-bond acceptors (Lipinski definition) is 4. The molecule has 0 aliphatic heterocycles. The third kappa shape index (κ3) is 6.45. The Morgan fingerprint density at radius 1 is 1.03 bits per heavy atom. The summed E-state index contributed by atoms with van der Waals surface area (Å²) < 4.78 is 8.05. The van der Waals surface area contributed by atoms with Crippen LogP contribution in [0.25, 0.3) is 11.4 Å². The molecule has 2 saturated carbocycles. The third-order valence-electron chi connectivity index (χ3n) is 7.73. The Morgan fingerprint density at radius 2 is 1.74 bits per heavy atom. The normalized spacial score (nSPS) is 19.5. The van der Waals surface area contributed by atoms with Gasteiger partial charge >= 0.3 is 0 Å². The highest BCUT2D eigenvalue weighted by atomic mass is 16.5. The Bertz CT molecular complexity index is 1300. The van der Waals surface area contributed by atoms with Gasteiger partial charge in [0.15, 0.2) is 0 Å². The van der Waals surface area contributed by atoms with Gasteiger partial charge in [0.25, 0.3) is 5.56 Å². The fourth-order valence-corrected chi connectivity index (χ4v) is 5.33. The Labute approximate surface area is 226 Å². The van der Waals surface area contributed by atoms with Crippen molar-refractivity contribution in [1.29, 1.82) is 0 Å². The van der Waals surface area contributed by atoms with Crippen LogP contribution >= 0.6 is 0 Å². The number of allylic oxidation sites excluding steroid dienone is 4. The van der Waals surface area contributed by atoms with E-state index in [2.05, 4.69) is 24.4 Å². The largest absolute Gasteiger partial charge is 0.490 e. The van der Waals surface area contributed by atoms with Crippen LogP contribution in [0, 0.1) is 5.92 Å². The minimum absolute atomic E-state index is 0.0153. The van der Waals surface area contributed by atoms with Crippen molar-refractivity contribution in [2.45, 2.75) is 77.4 Å². The van der Waals surface area contributed by atoms with Crippen molar-refractivity contribution in [3.05, 3.63) is 101 Å². The molecule has 0 spiro atoms. The van der Waals surface area contributed by atoms with E-state index in [1.165, 1.54) is 12.0 Å². The van der Waals surface area contributed by atoms with Crippen LogP contribution < -0.4 is 15.6 Å². The van der Waals surface area contributed by atoms with Crippen LogP contribution in [-0.2, 0) is 6.54 Å². The monoisotopic (exact) mass is 509 g/mol. The van der Waals surface area contributed by atoms with Crippen molar-refractivity contribution in [3.63, 3.8) is 0 Å². The summed E-state index contributed by atoms with van der Waals surface area (Å²) in [5, 5.41) is 3.55. The molecule has 2 fully saturated rings. The molecule has 2 aliphatic carbocycles. The van der Waals surface area contributed by atoms with E-state index in [9.17, 15) is 4.79 Å². The molecule has 0 amide bonds. The zero-order valence-corrected chi connectivity index (χ0v) is 22.4. The van der Waals surface area contributed by atoms with Crippen molar-refractivity contribution >= 4 is 5.69 Å². The minimum Gasteiger partial charge on any atom is -0.490 e. The fourth-order valence-electron chi connectivity index (χ4n) is 5.33. The van der Waals surface area contributed by atoms with Crippen LogP contribution in [0.2, 0.25) is 0 Å². The average Bonchev–Trinajstić information content (AvgIpc) is 2.93. The second-order valence-corrected chi connectivity index (χ2v) is 10.5. The molecule has 5 rings (SSSR count). The SMILES string of the molecule is CCCC=C(Nc1cnc(-c2ccccc2)n(CC=C2CCC2)c1=O)C1CCC(Oc2ccccc2)CC1. The fraction of sp³-hybridized carbons (Fsp3) is 0.394. The van der Waals surface area contributed by atoms with E-state index >= 15 is 0 Å². The second-order valence-electron chi connectivity index (χ2n) is 10.5. The number of unbranched alkanes of at least 4 members (excludes halogenated alkanes) is 1. The summed E-state index contributed by atoms with van der Waals surface area (Å²) in [7, 11) is 0. The predicted octanol–water partition coefficient (Wildman–Crippen LogP) is 7.75. The first-order valence-electron chi connectivity index (χ1n) is 14.2. The molecule has 3 aromatic rings. The first-order chi connectivity index (χ1) is 18.7. The summed E-state index contributed by atoms with van der Waals surface area (Å²) in [5.74, 6) is 2.05. The first-order valence-corrected chi connectivity index (χ1v) is 14.2. The maximum Gasteiger partial charge on any atom is 0.277 e. The van der Waals surface area contributed by atoms with Crippen molar-refractivity contribution in [2.24, 2.45) is 5.92 Å². The maximum absolute atomic E-state index is 13.8. The number of rotatable bonds is 10. The number of para-hydroxylation sites is 1. The second kappa shape index (κ2) is 12.8. The number of benzene rings is 2. The van der Waals surface area contributed by atoms with Crippen LogP contribution in [-0.4, -0.2) is 15.7 Å². The van der Waals surface area contributed by atoms with E-state index in [0.29, 0.717) is 18.2 Å². The van der Waals surface area contributed by atoms with Gasteiger partial charge in [0, 0.05) is 17.8 Å². The van der Waals surface area contributed by atoms with E-state index in [1.54, 1.807) is 6.20 Å². The average molecular weight is 510 g/mol. The summed E-state index contributed by atoms with van der Waals surface area (Å²) in [6.07, 6.45) is 16.1. The van der Waals surface area contributed by atoms with Crippen LogP contribution in [0.1, 0.15) is 64.7 Å². The van der Waals surface area contributed by atoms with Crippen molar-refractivity contribution < 1.29 is 4.74 Å². The van der Waals surface area contributed by atoms with Gasteiger partial charge in [-0.1, -0.05) is 79.6 Å². The summed E-state index contributed by atoms with van der Waals surface area (Å²) in [5.41, 5.74) is 4.09. The molecule has 0 saturated heterocycles. The van der Waals surface area contributed by atoms with E-state index in [1.807, 2.05) is 65.2 Å². The lowest BCUT2D eigenvalue weighted by atomic mass is 9.84. The number of nitrogens with zero attached hydrogens (tertiary/aromatic N) is 2. The molecule has 5 nitrogen and oxygen atoms in total. The van der Waals surface area contributed by atoms with E-state index in [4.69, 9.17) is 9.72 Å². The quantitative estimate of drug-likeness (QED) is 0.284. The minimum atomic E-state index is -0.0153. The van der Waals surface area contributed by atoms with Gasteiger partial charge in [-0.05, 0) is 69.4 Å². The standard InChI is InChI=1S/C33H39N3O2/c1-2-3-17-30(26-18-20-29(21-19-26)38-28-15-8-5-9-16-28)35-31-24-34-32(27-13-6-4-7-14-27)36(33(31)37)23-22-25-11-10-12-25/h4-9,13-17,22,24,26,29,35H,2-3,10-12,18-21,23H2,1H3. The maximum atomic E-state index is 13.8. The van der Waals surface area contributed by atoms with Gasteiger partial charge in [-0.25, -0.2) is 4.98 Å². The number of nitrogens with one attached hydrogen (secondary N) is 1. The van der Waals surface area contributed by atoms with Gasteiger partial charge < -0.3 is 10.1 Å². The van der Waals surface area contributed by atoms with Crippen LogP contribution in [0.4, 0.5) is 5.69 Å². The molecule has 198 valence electrons. The smallest absolute Gasteiger partial charge is 0.277 e. The Balaban J connectivity index is 1.35. The van der Waals surface area contributed by atoms with Crippen molar-refractivity contribution in [3.8, 4) is 17.1 Å². The van der Waals surface area contributed by atoms with E-state index in [-0.39, 0.29) is 11.7 Å². The molecule has 2 aliphatic rings. The van der Waals surface area contributed by atoms with Crippen LogP contribution in [0.3, 0.4) is 0 Å². The van der Waals surface area contributed by atoms with Crippen LogP contribution in [0.5, 0.6) is 5.75 Å². The third-order valence-corrected chi connectivity index (χ3v) is 7.73. The zero-order chi connectivity index (χ0) is 26.2. The summed E-state index contributed by atoms with van der Waals surface area (Å²) >= 11 is 0. The molecule has 38 heavy (non-hydrogen) atoms. The highest BCUT2D eigenvalue weighted by Gasteiger charge is 2.26. The molecular weight excluding hydrogens is 470 g/mol. The number of aromatic nitrogens is 2. The summed E-state index contributed by atoms with van der Waals surface area (Å²) in [4.78, 5) is 18.6. The van der Waals surface area contributed by atoms with E-state index < -0.39 is 0 Å². The number of anilines is 1. The summed E-state index contributed by atoms with van der Waals surface area (Å²) in [6.45, 7) is 2.74. The molecule has 0 atom stereocenters. The van der Waals surface area contributed by atoms with Gasteiger partial charge in [0.05, 0.1) is 12.3 Å². The van der Waals surface area contributed by atoms with Gasteiger partial charge in [-0.15, -0.1) is 0 Å². The van der Waals surface area contributed by atoms with Gasteiger partial charge in [-0.3, -0.25) is 9.36 Å². The topological polar surface area (TPSA) is 56.2 Å². The Morgan fingerprint density at radius 3 is 2.39 bits per heavy atom. The summed E-state index contributed by atoms with van der Waals surface area (Å²) in [6, 6.07) is 20.1. The Hall–Kier alpha value is -3.60. The molecule has 5 heteroatoms.